The van der Waals surface area contributed by atoms with Crippen LogP contribution in [0.5, 0.6) is 0 Å². The maximum Gasteiger partial charge on any atom is 0.0201 e. The van der Waals surface area contributed by atoms with Crippen LogP contribution < -0.4 is 11.1 Å². The molecule has 2 heterocycles. The van der Waals surface area contributed by atoms with E-state index in [0.717, 1.165) is 19.0 Å². The van der Waals surface area contributed by atoms with E-state index in [9.17, 15) is 0 Å². The lowest BCUT2D eigenvalue weighted by atomic mass is 9.88. The highest BCUT2D eigenvalue weighted by Gasteiger charge is 2.28. The van der Waals surface area contributed by atoms with Crippen molar-refractivity contribution in [3.05, 3.63) is 22.4 Å². The number of nitrogens with two attached hydrogens (primary N) is 1. The zero-order valence-corrected chi connectivity index (χ0v) is 14.5. The Kier molecular flexibility index (Phi) is 6.30. The van der Waals surface area contributed by atoms with Crippen molar-refractivity contribution in [2.75, 3.05) is 32.7 Å². The van der Waals surface area contributed by atoms with Gasteiger partial charge in [0.2, 0.25) is 0 Å². The zero-order chi connectivity index (χ0) is 15.2. The Balaban J connectivity index is 1.54. The second-order valence-electron chi connectivity index (χ2n) is 7.11. The third kappa shape index (κ3) is 4.54. The van der Waals surface area contributed by atoms with Gasteiger partial charge in [0, 0.05) is 43.0 Å². The third-order valence-electron chi connectivity index (χ3n) is 5.34. The summed E-state index contributed by atoms with van der Waals surface area (Å²) in [5.74, 6) is 1.60. The highest BCUT2D eigenvalue weighted by Crippen LogP contribution is 2.30. The molecule has 1 aliphatic heterocycles. The molecular formula is C18H31N3S. The molecule has 2 atom stereocenters. The number of rotatable bonds is 6. The molecule has 1 saturated carbocycles. The van der Waals surface area contributed by atoms with Crippen molar-refractivity contribution >= 4 is 11.3 Å². The van der Waals surface area contributed by atoms with Crippen LogP contribution in [0.1, 0.15) is 49.3 Å². The van der Waals surface area contributed by atoms with E-state index in [1.807, 2.05) is 11.3 Å². The summed E-state index contributed by atoms with van der Waals surface area (Å²) in [5, 5.41) is 6.10. The number of piperidine rings is 1. The second kappa shape index (κ2) is 8.44. The van der Waals surface area contributed by atoms with Crippen LogP contribution in [0.2, 0.25) is 0 Å². The van der Waals surface area contributed by atoms with E-state index in [1.165, 1.54) is 58.2 Å². The Morgan fingerprint density at radius 1 is 1.23 bits per heavy atom. The molecule has 3 nitrogen and oxygen atoms in total. The minimum atomic E-state index is 0.634. The summed E-state index contributed by atoms with van der Waals surface area (Å²) in [6, 6.07) is 5.13. The fourth-order valence-corrected chi connectivity index (χ4v) is 4.99. The molecular weight excluding hydrogens is 290 g/mol. The summed E-state index contributed by atoms with van der Waals surface area (Å²) in [6.45, 7) is 5.37. The van der Waals surface area contributed by atoms with Gasteiger partial charge in [-0.1, -0.05) is 25.3 Å². The average molecular weight is 322 g/mol. The Labute approximate surface area is 139 Å². The molecule has 1 saturated heterocycles. The van der Waals surface area contributed by atoms with Crippen molar-refractivity contribution in [3.8, 4) is 0 Å². The zero-order valence-electron chi connectivity index (χ0n) is 13.7. The minimum Gasteiger partial charge on any atom is -0.329 e. The molecule has 0 amide bonds. The van der Waals surface area contributed by atoms with Crippen LogP contribution in [0.15, 0.2) is 17.5 Å². The molecule has 0 spiro atoms. The molecule has 2 aliphatic rings. The first-order valence-electron chi connectivity index (χ1n) is 9.04. The topological polar surface area (TPSA) is 41.3 Å². The van der Waals surface area contributed by atoms with Gasteiger partial charge >= 0.3 is 0 Å². The average Bonchev–Trinajstić information content (AvgIpc) is 3.09. The number of hydrogen-bond acceptors (Lipinski definition) is 4. The van der Waals surface area contributed by atoms with Gasteiger partial charge in [-0.05, 0) is 43.2 Å². The molecule has 2 unspecified atom stereocenters. The Bertz CT molecular complexity index is 414. The van der Waals surface area contributed by atoms with E-state index in [-0.39, 0.29) is 0 Å². The van der Waals surface area contributed by atoms with Gasteiger partial charge in [0.1, 0.15) is 0 Å². The summed E-state index contributed by atoms with van der Waals surface area (Å²) in [4.78, 5) is 4.11. The third-order valence-corrected chi connectivity index (χ3v) is 6.37. The maximum atomic E-state index is 5.80. The van der Waals surface area contributed by atoms with Gasteiger partial charge in [0.05, 0.1) is 0 Å². The van der Waals surface area contributed by atoms with Crippen LogP contribution in [0.3, 0.4) is 0 Å². The number of likely N-dealkylation sites (tertiary alicyclic amines) is 1. The molecule has 2 fully saturated rings. The van der Waals surface area contributed by atoms with E-state index < -0.39 is 0 Å². The Morgan fingerprint density at radius 2 is 2.09 bits per heavy atom. The minimum absolute atomic E-state index is 0.634. The van der Waals surface area contributed by atoms with Gasteiger partial charge < -0.3 is 11.1 Å². The smallest absolute Gasteiger partial charge is 0.0201 e. The highest BCUT2D eigenvalue weighted by atomic mass is 32.1. The van der Waals surface area contributed by atoms with Crippen LogP contribution in [-0.4, -0.2) is 43.7 Å². The van der Waals surface area contributed by atoms with Crippen LogP contribution in [-0.2, 0) is 0 Å². The van der Waals surface area contributed by atoms with Crippen molar-refractivity contribution in [2.45, 2.75) is 50.5 Å². The van der Waals surface area contributed by atoms with Gasteiger partial charge in [-0.3, -0.25) is 4.90 Å². The lowest BCUT2D eigenvalue weighted by Crippen LogP contribution is -2.50. The van der Waals surface area contributed by atoms with Gasteiger partial charge in [-0.25, -0.2) is 0 Å². The predicted molar refractivity (Wildman–Crippen MR) is 95.5 cm³/mol. The van der Waals surface area contributed by atoms with Crippen LogP contribution in [0.25, 0.3) is 0 Å². The Hall–Kier alpha value is -0.420. The van der Waals surface area contributed by atoms with Crippen molar-refractivity contribution < 1.29 is 0 Å². The van der Waals surface area contributed by atoms with Crippen molar-refractivity contribution in [2.24, 2.45) is 11.7 Å². The fraction of sp³-hybridized carbons (Fsp3) is 0.778. The first-order valence-corrected chi connectivity index (χ1v) is 9.92. The predicted octanol–water partition coefficient (Wildman–Crippen LogP) is 3.03. The number of nitrogens with one attached hydrogen (secondary N) is 1. The van der Waals surface area contributed by atoms with Crippen LogP contribution >= 0.6 is 11.3 Å². The summed E-state index contributed by atoms with van der Waals surface area (Å²) in [5.41, 5.74) is 5.80. The van der Waals surface area contributed by atoms with Gasteiger partial charge in [-0.2, -0.15) is 0 Å². The Morgan fingerprint density at radius 3 is 2.82 bits per heavy atom. The van der Waals surface area contributed by atoms with E-state index in [1.54, 1.807) is 4.88 Å². The van der Waals surface area contributed by atoms with Gasteiger partial charge in [0.15, 0.2) is 0 Å². The lowest BCUT2D eigenvalue weighted by molar-refractivity contribution is 0.170. The molecule has 124 valence electrons. The van der Waals surface area contributed by atoms with E-state index >= 15 is 0 Å². The summed E-state index contributed by atoms with van der Waals surface area (Å²) < 4.78 is 0. The monoisotopic (exact) mass is 321 g/mol. The number of nitrogens with zero attached hydrogens (tertiary/aromatic N) is 1. The molecule has 4 heteroatoms. The molecule has 1 aliphatic carbocycles. The molecule has 22 heavy (non-hydrogen) atoms. The van der Waals surface area contributed by atoms with Gasteiger partial charge in [-0.15, -0.1) is 11.3 Å². The highest BCUT2D eigenvalue weighted by molar-refractivity contribution is 7.10. The molecule has 0 radical (unpaired) electrons. The SMILES string of the molecule is NCCN1CC(NCC2CCCCC2)CC(c2cccs2)C1. The quantitative estimate of drug-likeness (QED) is 0.846. The molecule has 3 N–H and O–H groups in total. The second-order valence-corrected chi connectivity index (χ2v) is 8.08. The van der Waals surface area contributed by atoms with E-state index in [4.69, 9.17) is 5.73 Å². The van der Waals surface area contributed by atoms with Gasteiger partial charge in [0.25, 0.3) is 0 Å². The number of hydrogen-bond donors (Lipinski definition) is 2. The molecule has 0 aromatic carbocycles. The maximum absolute atomic E-state index is 5.80. The standard InChI is InChI=1S/C18H31N3S/c19-8-9-21-13-16(18-7-4-10-22-18)11-17(14-21)20-12-15-5-2-1-3-6-15/h4,7,10,15-17,20H,1-3,5-6,8-9,11-14,19H2. The fourth-order valence-electron chi connectivity index (χ4n) is 4.16. The first-order chi connectivity index (χ1) is 10.8. The summed E-state index contributed by atoms with van der Waals surface area (Å²) >= 11 is 1.91. The number of thiophene rings is 1. The van der Waals surface area contributed by atoms with Crippen LogP contribution in [0, 0.1) is 5.92 Å². The van der Waals surface area contributed by atoms with Crippen molar-refractivity contribution in [3.63, 3.8) is 0 Å². The van der Waals surface area contributed by atoms with Crippen LogP contribution in [0.4, 0.5) is 0 Å². The molecule has 3 rings (SSSR count). The normalized spacial score (nSPS) is 28.0. The van der Waals surface area contributed by atoms with E-state index in [2.05, 4.69) is 27.7 Å². The molecule has 1 aromatic heterocycles. The lowest BCUT2D eigenvalue weighted by Gasteiger charge is -2.38. The molecule has 1 aromatic rings. The summed E-state index contributed by atoms with van der Waals surface area (Å²) in [7, 11) is 0. The first kappa shape index (κ1) is 16.4. The largest absolute Gasteiger partial charge is 0.329 e. The van der Waals surface area contributed by atoms with E-state index in [0.29, 0.717) is 12.0 Å². The van der Waals surface area contributed by atoms with Crippen molar-refractivity contribution in [1.29, 1.82) is 0 Å². The van der Waals surface area contributed by atoms with Crippen molar-refractivity contribution in [1.82, 2.24) is 10.2 Å². The summed E-state index contributed by atoms with van der Waals surface area (Å²) in [6.07, 6.45) is 8.47. The molecule has 0 bridgehead atoms.